The maximum absolute atomic E-state index is 13.9. The van der Waals surface area contributed by atoms with Crippen molar-refractivity contribution in [3.63, 3.8) is 0 Å². The predicted molar refractivity (Wildman–Crippen MR) is 91.7 cm³/mol. The Morgan fingerprint density at radius 1 is 1.12 bits per heavy atom. The molecule has 0 atom stereocenters. The van der Waals surface area contributed by atoms with E-state index in [0.717, 1.165) is 12.1 Å². The average molecular weight is 389 g/mol. The summed E-state index contributed by atoms with van der Waals surface area (Å²) in [6.45, 7) is 2.07. The van der Waals surface area contributed by atoms with E-state index in [0.29, 0.717) is 43.1 Å². The second-order valence-corrected chi connectivity index (χ2v) is 7.47. The van der Waals surface area contributed by atoms with Gasteiger partial charge in [0.05, 0.1) is 29.6 Å². The highest BCUT2D eigenvalue weighted by atomic mass is 35.5. The van der Waals surface area contributed by atoms with Gasteiger partial charge in [-0.2, -0.15) is 0 Å². The number of benzene rings is 2. The van der Waals surface area contributed by atoms with Crippen LogP contribution in [0.4, 0.5) is 20.2 Å². The molecule has 9 heteroatoms. The van der Waals surface area contributed by atoms with Crippen LogP contribution in [0.2, 0.25) is 5.02 Å². The van der Waals surface area contributed by atoms with Gasteiger partial charge in [-0.15, -0.1) is 0 Å². The summed E-state index contributed by atoms with van der Waals surface area (Å²) >= 11 is 6.25. The molecule has 0 bridgehead atoms. The predicted octanol–water partition coefficient (Wildman–Crippen LogP) is 3.26. The standard InChI is InChI=1S/C16H15ClF2N2O3S/c17-12-2-1-3-14(16(12)21-6-8-24-9-7-21)20-25(22,23)15-5-4-11(18)10-13(15)19/h1-5,10,20H,6-9H2. The third kappa shape index (κ3) is 3.86. The van der Waals surface area contributed by atoms with Crippen LogP contribution in [0.25, 0.3) is 0 Å². The van der Waals surface area contributed by atoms with Crippen LogP contribution in [-0.2, 0) is 14.8 Å². The number of ether oxygens (including phenoxy) is 1. The molecule has 1 aliphatic rings. The van der Waals surface area contributed by atoms with Crippen molar-refractivity contribution < 1.29 is 21.9 Å². The van der Waals surface area contributed by atoms with Gasteiger partial charge in [0.2, 0.25) is 0 Å². The Labute approximate surface area is 149 Å². The maximum Gasteiger partial charge on any atom is 0.264 e. The molecule has 5 nitrogen and oxygen atoms in total. The van der Waals surface area contributed by atoms with Crippen LogP contribution in [0.5, 0.6) is 0 Å². The number of anilines is 2. The summed E-state index contributed by atoms with van der Waals surface area (Å²) in [7, 11) is -4.25. The largest absolute Gasteiger partial charge is 0.378 e. The molecule has 1 heterocycles. The summed E-state index contributed by atoms with van der Waals surface area (Å²) in [5, 5.41) is 0.363. The van der Waals surface area contributed by atoms with Crippen LogP contribution in [0, 0.1) is 11.6 Å². The Hall–Kier alpha value is -1.90. The molecular formula is C16H15ClF2N2O3S. The van der Waals surface area contributed by atoms with Crippen molar-refractivity contribution in [1.29, 1.82) is 0 Å². The lowest BCUT2D eigenvalue weighted by Gasteiger charge is -2.31. The molecule has 2 aromatic carbocycles. The molecule has 0 aromatic heterocycles. The summed E-state index contributed by atoms with van der Waals surface area (Å²) in [5.41, 5.74) is 0.719. The van der Waals surface area contributed by atoms with Gasteiger partial charge in [0, 0.05) is 19.2 Å². The quantitative estimate of drug-likeness (QED) is 0.873. The molecule has 0 unspecified atom stereocenters. The zero-order valence-electron chi connectivity index (χ0n) is 13.0. The monoisotopic (exact) mass is 388 g/mol. The molecule has 1 aliphatic heterocycles. The number of nitrogens with zero attached hydrogens (tertiary/aromatic N) is 1. The second kappa shape index (κ2) is 7.15. The molecule has 2 aromatic rings. The van der Waals surface area contributed by atoms with Crippen molar-refractivity contribution in [2.24, 2.45) is 0 Å². The lowest BCUT2D eigenvalue weighted by Crippen LogP contribution is -2.37. The van der Waals surface area contributed by atoms with Crippen molar-refractivity contribution in [2.75, 3.05) is 35.9 Å². The first-order valence-corrected chi connectivity index (χ1v) is 9.34. The molecule has 25 heavy (non-hydrogen) atoms. The van der Waals surface area contributed by atoms with E-state index in [1.807, 2.05) is 4.90 Å². The average Bonchev–Trinajstić information content (AvgIpc) is 2.55. The number of halogens is 3. The summed E-state index contributed by atoms with van der Waals surface area (Å²) in [5.74, 6) is -2.02. The zero-order valence-corrected chi connectivity index (χ0v) is 14.6. The number of nitrogens with one attached hydrogen (secondary N) is 1. The summed E-state index contributed by atoms with van der Waals surface area (Å²) in [4.78, 5) is 1.26. The van der Waals surface area contributed by atoms with Crippen molar-refractivity contribution in [3.8, 4) is 0 Å². The van der Waals surface area contributed by atoms with Gasteiger partial charge in [0.1, 0.15) is 16.5 Å². The fourth-order valence-corrected chi connectivity index (χ4v) is 4.02. The summed E-state index contributed by atoms with van der Waals surface area (Å²) < 4.78 is 59.6. The second-order valence-electron chi connectivity index (χ2n) is 5.42. The fourth-order valence-electron chi connectivity index (χ4n) is 2.60. The zero-order chi connectivity index (χ0) is 18.0. The van der Waals surface area contributed by atoms with E-state index in [2.05, 4.69) is 4.72 Å². The third-order valence-corrected chi connectivity index (χ3v) is 5.45. The molecule has 1 saturated heterocycles. The summed E-state index contributed by atoms with van der Waals surface area (Å²) in [6, 6.07) is 7.06. The van der Waals surface area contributed by atoms with Crippen LogP contribution in [0.15, 0.2) is 41.3 Å². The van der Waals surface area contributed by atoms with E-state index in [1.54, 1.807) is 12.1 Å². The number of morpholine rings is 1. The van der Waals surface area contributed by atoms with Gasteiger partial charge in [-0.25, -0.2) is 17.2 Å². The van der Waals surface area contributed by atoms with Crippen LogP contribution >= 0.6 is 11.6 Å². The Balaban J connectivity index is 1.98. The van der Waals surface area contributed by atoms with Crippen LogP contribution < -0.4 is 9.62 Å². The van der Waals surface area contributed by atoms with E-state index in [9.17, 15) is 17.2 Å². The van der Waals surface area contributed by atoms with Crippen molar-refractivity contribution >= 4 is 33.0 Å². The summed E-state index contributed by atoms with van der Waals surface area (Å²) in [6.07, 6.45) is 0. The number of para-hydroxylation sites is 1. The normalized spacial score (nSPS) is 15.2. The van der Waals surface area contributed by atoms with E-state index >= 15 is 0 Å². The first-order valence-electron chi connectivity index (χ1n) is 7.47. The first-order chi connectivity index (χ1) is 11.9. The van der Waals surface area contributed by atoms with Crippen LogP contribution in [0.1, 0.15) is 0 Å². The van der Waals surface area contributed by atoms with Gasteiger partial charge in [-0.1, -0.05) is 17.7 Å². The molecule has 0 aliphatic carbocycles. The maximum atomic E-state index is 13.9. The lowest BCUT2D eigenvalue weighted by molar-refractivity contribution is 0.123. The smallest absolute Gasteiger partial charge is 0.264 e. The van der Waals surface area contributed by atoms with Gasteiger partial charge in [0.15, 0.2) is 0 Å². The Kier molecular flexibility index (Phi) is 5.12. The first kappa shape index (κ1) is 17.9. The van der Waals surface area contributed by atoms with Gasteiger partial charge in [-0.3, -0.25) is 4.72 Å². The molecule has 134 valence electrons. The van der Waals surface area contributed by atoms with Crippen molar-refractivity contribution in [2.45, 2.75) is 4.90 Å². The van der Waals surface area contributed by atoms with Gasteiger partial charge in [-0.05, 0) is 24.3 Å². The molecule has 0 saturated carbocycles. The van der Waals surface area contributed by atoms with Crippen molar-refractivity contribution in [1.82, 2.24) is 0 Å². The van der Waals surface area contributed by atoms with Crippen molar-refractivity contribution in [3.05, 3.63) is 53.1 Å². The van der Waals surface area contributed by atoms with E-state index in [1.165, 1.54) is 6.07 Å². The highest BCUT2D eigenvalue weighted by molar-refractivity contribution is 7.92. The number of hydrogen-bond donors (Lipinski definition) is 1. The SMILES string of the molecule is O=S(=O)(Nc1cccc(Cl)c1N1CCOCC1)c1ccc(F)cc1F. The molecule has 1 N–H and O–H groups in total. The minimum absolute atomic E-state index is 0.220. The topological polar surface area (TPSA) is 58.6 Å². The number of rotatable bonds is 4. The highest BCUT2D eigenvalue weighted by Gasteiger charge is 2.24. The van der Waals surface area contributed by atoms with E-state index < -0.39 is 26.6 Å². The van der Waals surface area contributed by atoms with Gasteiger partial charge in [0.25, 0.3) is 10.0 Å². The van der Waals surface area contributed by atoms with Crippen LogP contribution in [0.3, 0.4) is 0 Å². The Morgan fingerprint density at radius 2 is 1.84 bits per heavy atom. The number of sulfonamides is 1. The number of hydrogen-bond acceptors (Lipinski definition) is 4. The van der Waals surface area contributed by atoms with E-state index in [4.69, 9.17) is 16.3 Å². The van der Waals surface area contributed by atoms with Gasteiger partial charge < -0.3 is 9.64 Å². The molecular weight excluding hydrogens is 374 g/mol. The highest BCUT2D eigenvalue weighted by Crippen LogP contribution is 2.35. The molecule has 0 amide bonds. The Morgan fingerprint density at radius 3 is 2.52 bits per heavy atom. The molecule has 0 radical (unpaired) electrons. The lowest BCUT2D eigenvalue weighted by atomic mass is 10.2. The fraction of sp³-hybridized carbons (Fsp3) is 0.250. The molecule has 0 spiro atoms. The van der Waals surface area contributed by atoms with Gasteiger partial charge >= 0.3 is 0 Å². The molecule has 3 rings (SSSR count). The third-order valence-electron chi connectivity index (χ3n) is 3.74. The minimum atomic E-state index is -4.25. The van der Waals surface area contributed by atoms with Crippen LogP contribution in [-0.4, -0.2) is 34.7 Å². The van der Waals surface area contributed by atoms with E-state index in [-0.39, 0.29) is 5.69 Å². The molecule has 1 fully saturated rings. The Bertz CT molecular complexity index is 887. The minimum Gasteiger partial charge on any atom is -0.378 e.